The maximum absolute atomic E-state index is 6.34. The van der Waals surface area contributed by atoms with E-state index in [9.17, 15) is 0 Å². The SMILES string of the molecule is Clc1cc(SNCc2ccncc2)ccc1C#Cc1ccccc1. The largest absolute Gasteiger partial charge is 0.265 e. The molecule has 24 heavy (non-hydrogen) atoms. The number of halogens is 1. The first-order chi connectivity index (χ1) is 11.8. The van der Waals surface area contributed by atoms with E-state index in [2.05, 4.69) is 21.5 Å². The average Bonchev–Trinajstić information content (AvgIpc) is 2.63. The number of rotatable bonds is 4. The summed E-state index contributed by atoms with van der Waals surface area (Å²) in [5, 5.41) is 0.661. The van der Waals surface area contributed by atoms with Gasteiger partial charge in [-0.25, -0.2) is 0 Å². The van der Waals surface area contributed by atoms with Crippen LogP contribution >= 0.6 is 23.5 Å². The van der Waals surface area contributed by atoms with Gasteiger partial charge in [0.05, 0.1) is 5.02 Å². The van der Waals surface area contributed by atoms with E-state index in [4.69, 9.17) is 11.6 Å². The summed E-state index contributed by atoms with van der Waals surface area (Å²) in [6.07, 6.45) is 3.58. The number of pyridine rings is 1. The number of hydrogen-bond acceptors (Lipinski definition) is 3. The van der Waals surface area contributed by atoms with Gasteiger partial charge in [0, 0.05) is 35.0 Å². The molecule has 0 bridgehead atoms. The third kappa shape index (κ3) is 4.87. The molecule has 0 amide bonds. The molecule has 0 saturated carbocycles. The normalized spacial score (nSPS) is 10.0. The van der Waals surface area contributed by atoms with Gasteiger partial charge in [-0.3, -0.25) is 9.71 Å². The number of hydrogen-bond donors (Lipinski definition) is 1. The van der Waals surface area contributed by atoms with Crippen LogP contribution in [0.15, 0.2) is 78.0 Å². The molecular weight excluding hydrogens is 336 g/mol. The Morgan fingerprint density at radius 1 is 0.958 bits per heavy atom. The molecule has 0 aliphatic heterocycles. The monoisotopic (exact) mass is 350 g/mol. The van der Waals surface area contributed by atoms with Gasteiger partial charge in [0.15, 0.2) is 0 Å². The summed E-state index contributed by atoms with van der Waals surface area (Å²) >= 11 is 7.89. The van der Waals surface area contributed by atoms with Gasteiger partial charge in [0.25, 0.3) is 0 Å². The van der Waals surface area contributed by atoms with E-state index in [1.54, 1.807) is 24.3 Å². The van der Waals surface area contributed by atoms with E-state index in [0.29, 0.717) is 5.02 Å². The first-order valence-electron chi connectivity index (χ1n) is 7.46. The van der Waals surface area contributed by atoms with Crippen molar-refractivity contribution in [2.75, 3.05) is 0 Å². The van der Waals surface area contributed by atoms with Crippen LogP contribution in [0.4, 0.5) is 0 Å². The molecule has 0 spiro atoms. The first kappa shape index (κ1) is 16.6. The van der Waals surface area contributed by atoms with Crippen LogP contribution in [-0.4, -0.2) is 4.98 Å². The zero-order chi connectivity index (χ0) is 16.6. The molecular formula is C20H15ClN2S. The fraction of sp³-hybridized carbons (Fsp3) is 0.0500. The Hall–Kier alpha value is -2.25. The summed E-state index contributed by atoms with van der Waals surface area (Å²) in [6, 6.07) is 19.8. The standard InChI is InChI=1S/C20H15ClN2S/c21-20-14-19(24-23-15-17-10-12-22-13-11-17)9-8-18(20)7-6-16-4-2-1-3-5-16/h1-5,8-14,23H,15H2. The molecule has 118 valence electrons. The van der Waals surface area contributed by atoms with Crippen LogP contribution in [0, 0.1) is 11.8 Å². The number of nitrogens with zero attached hydrogens (tertiary/aromatic N) is 1. The van der Waals surface area contributed by atoms with E-state index < -0.39 is 0 Å². The molecule has 0 aliphatic carbocycles. The summed E-state index contributed by atoms with van der Waals surface area (Å²) in [5.74, 6) is 6.24. The van der Waals surface area contributed by atoms with Gasteiger partial charge >= 0.3 is 0 Å². The molecule has 1 aromatic heterocycles. The van der Waals surface area contributed by atoms with Gasteiger partial charge in [-0.05, 0) is 60.0 Å². The second-order valence-corrected chi connectivity index (χ2v) is 6.41. The molecule has 2 aromatic carbocycles. The van der Waals surface area contributed by atoms with Crippen molar-refractivity contribution in [3.05, 3.63) is 94.8 Å². The number of aromatic nitrogens is 1. The predicted molar refractivity (Wildman–Crippen MR) is 101 cm³/mol. The lowest BCUT2D eigenvalue weighted by Crippen LogP contribution is -2.02. The van der Waals surface area contributed by atoms with E-state index in [-0.39, 0.29) is 0 Å². The highest BCUT2D eigenvalue weighted by Crippen LogP contribution is 2.23. The Morgan fingerprint density at radius 3 is 2.50 bits per heavy atom. The molecule has 0 saturated heterocycles. The minimum atomic E-state index is 0.661. The Balaban J connectivity index is 1.61. The van der Waals surface area contributed by atoms with Crippen molar-refractivity contribution >= 4 is 23.5 Å². The van der Waals surface area contributed by atoms with Crippen molar-refractivity contribution in [2.45, 2.75) is 11.4 Å². The van der Waals surface area contributed by atoms with Crippen LogP contribution < -0.4 is 4.72 Å². The van der Waals surface area contributed by atoms with Gasteiger partial charge in [0.2, 0.25) is 0 Å². The summed E-state index contributed by atoms with van der Waals surface area (Å²) in [7, 11) is 0. The van der Waals surface area contributed by atoms with Gasteiger partial charge < -0.3 is 0 Å². The van der Waals surface area contributed by atoms with Gasteiger partial charge in [-0.15, -0.1) is 0 Å². The second kappa shape index (κ2) is 8.56. The maximum atomic E-state index is 6.34. The topological polar surface area (TPSA) is 24.9 Å². The van der Waals surface area contributed by atoms with E-state index in [1.807, 2.05) is 60.7 Å². The van der Waals surface area contributed by atoms with Crippen LogP contribution in [0.2, 0.25) is 5.02 Å². The van der Waals surface area contributed by atoms with Crippen molar-refractivity contribution in [1.29, 1.82) is 0 Å². The fourth-order valence-electron chi connectivity index (χ4n) is 2.03. The van der Waals surface area contributed by atoms with Crippen molar-refractivity contribution in [3.8, 4) is 11.8 Å². The van der Waals surface area contributed by atoms with Crippen LogP contribution in [0.5, 0.6) is 0 Å². The molecule has 0 aliphatic rings. The zero-order valence-electron chi connectivity index (χ0n) is 12.9. The average molecular weight is 351 g/mol. The Bertz CT molecular complexity index is 855. The highest BCUT2D eigenvalue weighted by atomic mass is 35.5. The lowest BCUT2D eigenvalue weighted by atomic mass is 10.2. The summed E-state index contributed by atoms with van der Waals surface area (Å²) in [5.41, 5.74) is 3.00. The molecule has 0 unspecified atom stereocenters. The van der Waals surface area contributed by atoms with Crippen LogP contribution in [0.1, 0.15) is 16.7 Å². The highest BCUT2D eigenvalue weighted by molar-refractivity contribution is 7.97. The van der Waals surface area contributed by atoms with Crippen LogP contribution in [0.3, 0.4) is 0 Å². The highest BCUT2D eigenvalue weighted by Gasteiger charge is 2.01. The van der Waals surface area contributed by atoms with Crippen molar-refractivity contribution < 1.29 is 0 Å². The van der Waals surface area contributed by atoms with Crippen LogP contribution in [-0.2, 0) is 6.54 Å². The van der Waals surface area contributed by atoms with Crippen molar-refractivity contribution in [3.63, 3.8) is 0 Å². The first-order valence-corrected chi connectivity index (χ1v) is 8.66. The van der Waals surface area contributed by atoms with Gasteiger partial charge in [-0.2, -0.15) is 0 Å². The Labute approximate surface area is 151 Å². The van der Waals surface area contributed by atoms with E-state index in [1.165, 1.54) is 5.56 Å². The van der Waals surface area contributed by atoms with Crippen LogP contribution in [0.25, 0.3) is 0 Å². The lowest BCUT2D eigenvalue weighted by molar-refractivity contribution is 0.969. The molecule has 1 N–H and O–H groups in total. The fourth-order valence-corrected chi connectivity index (χ4v) is 3.04. The minimum absolute atomic E-state index is 0.661. The van der Waals surface area contributed by atoms with E-state index in [0.717, 1.165) is 22.6 Å². The molecule has 1 heterocycles. The van der Waals surface area contributed by atoms with E-state index >= 15 is 0 Å². The zero-order valence-corrected chi connectivity index (χ0v) is 14.4. The number of nitrogens with one attached hydrogen (secondary N) is 1. The predicted octanol–water partition coefficient (Wildman–Crippen LogP) is 4.93. The molecule has 0 radical (unpaired) electrons. The minimum Gasteiger partial charge on any atom is -0.265 e. The second-order valence-electron chi connectivity index (χ2n) is 5.04. The molecule has 3 aromatic rings. The maximum Gasteiger partial charge on any atom is 0.0574 e. The Kier molecular flexibility index (Phi) is 5.92. The van der Waals surface area contributed by atoms with Crippen molar-refractivity contribution in [1.82, 2.24) is 9.71 Å². The quantitative estimate of drug-likeness (QED) is 0.533. The third-order valence-corrected chi connectivity index (χ3v) is 4.36. The van der Waals surface area contributed by atoms with Gasteiger partial charge in [0.1, 0.15) is 0 Å². The third-order valence-electron chi connectivity index (χ3n) is 3.27. The number of benzene rings is 2. The summed E-state index contributed by atoms with van der Waals surface area (Å²) in [4.78, 5) is 5.06. The smallest absolute Gasteiger partial charge is 0.0574 e. The molecule has 2 nitrogen and oxygen atoms in total. The lowest BCUT2D eigenvalue weighted by Gasteiger charge is -2.05. The Morgan fingerprint density at radius 2 is 1.75 bits per heavy atom. The molecule has 3 rings (SSSR count). The van der Waals surface area contributed by atoms with Crippen molar-refractivity contribution in [2.24, 2.45) is 0 Å². The summed E-state index contributed by atoms with van der Waals surface area (Å²) in [6.45, 7) is 0.764. The summed E-state index contributed by atoms with van der Waals surface area (Å²) < 4.78 is 3.32. The molecule has 0 atom stereocenters. The molecule has 4 heteroatoms. The molecule has 0 fully saturated rings. The van der Waals surface area contributed by atoms with Gasteiger partial charge in [-0.1, -0.05) is 41.6 Å².